The summed E-state index contributed by atoms with van der Waals surface area (Å²) >= 11 is 0. The second-order valence-electron chi connectivity index (χ2n) is 5.28. The number of benzene rings is 1. The molecular formula is C17H15N7. The monoisotopic (exact) mass is 317 g/mol. The van der Waals surface area contributed by atoms with Crippen LogP contribution in [0.5, 0.6) is 0 Å². The van der Waals surface area contributed by atoms with Gasteiger partial charge < -0.3 is 5.32 Å². The van der Waals surface area contributed by atoms with Crippen molar-refractivity contribution in [1.29, 1.82) is 0 Å². The predicted molar refractivity (Wildman–Crippen MR) is 91.1 cm³/mol. The van der Waals surface area contributed by atoms with Crippen molar-refractivity contribution in [2.24, 2.45) is 7.05 Å². The predicted octanol–water partition coefficient (Wildman–Crippen LogP) is 2.81. The van der Waals surface area contributed by atoms with Crippen LogP contribution in [0.1, 0.15) is 0 Å². The molecule has 0 unspecified atom stereocenters. The van der Waals surface area contributed by atoms with Gasteiger partial charge in [0.2, 0.25) is 5.95 Å². The summed E-state index contributed by atoms with van der Waals surface area (Å²) in [6, 6.07) is 13.8. The van der Waals surface area contributed by atoms with Gasteiger partial charge in [0, 0.05) is 37.3 Å². The first kappa shape index (κ1) is 14.1. The number of aryl methyl sites for hydroxylation is 1. The normalized spacial score (nSPS) is 10.7. The average molecular weight is 317 g/mol. The maximum Gasteiger partial charge on any atom is 0.229 e. The van der Waals surface area contributed by atoms with Crippen LogP contribution < -0.4 is 5.32 Å². The molecule has 7 nitrogen and oxygen atoms in total. The van der Waals surface area contributed by atoms with Gasteiger partial charge in [-0.2, -0.15) is 15.2 Å². The summed E-state index contributed by atoms with van der Waals surface area (Å²) in [5, 5.41) is 11.8. The number of rotatable bonds is 4. The highest BCUT2D eigenvalue weighted by Gasteiger charge is 2.06. The van der Waals surface area contributed by atoms with E-state index in [0.29, 0.717) is 11.8 Å². The zero-order valence-electron chi connectivity index (χ0n) is 13.0. The second kappa shape index (κ2) is 5.96. The first-order chi connectivity index (χ1) is 11.8. The molecule has 0 atom stereocenters. The van der Waals surface area contributed by atoms with E-state index in [4.69, 9.17) is 0 Å². The van der Waals surface area contributed by atoms with E-state index in [9.17, 15) is 0 Å². The Labute approximate surface area is 138 Å². The summed E-state index contributed by atoms with van der Waals surface area (Å²) in [7, 11) is 1.86. The Hall–Kier alpha value is -3.48. The maximum absolute atomic E-state index is 4.59. The molecule has 0 aliphatic carbocycles. The van der Waals surface area contributed by atoms with Gasteiger partial charge >= 0.3 is 0 Å². The van der Waals surface area contributed by atoms with Gasteiger partial charge in [-0.15, -0.1) is 0 Å². The zero-order chi connectivity index (χ0) is 16.4. The average Bonchev–Trinajstić information content (AvgIpc) is 3.25. The summed E-state index contributed by atoms with van der Waals surface area (Å²) in [5.41, 5.74) is 2.80. The van der Waals surface area contributed by atoms with Crippen LogP contribution in [0.2, 0.25) is 0 Å². The van der Waals surface area contributed by atoms with E-state index in [1.807, 2.05) is 61.9 Å². The topological polar surface area (TPSA) is 73.5 Å². The minimum atomic E-state index is 0.497. The highest BCUT2D eigenvalue weighted by Crippen LogP contribution is 2.18. The third-order valence-electron chi connectivity index (χ3n) is 3.50. The molecule has 0 bridgehead atoms. The minimum Gasteiger partial charge on any atom is -0.321 e. The van der Waals surface area contributed by atoms with Crippen LogP contribution in [0.15, 0.2) is 67.3 Å². The van der Waals surface area contributed by atoms with E-state index >= 15 is 0 Å². The summed E-state index contributed by atoms with van der Waals surface area (Å²) in [5.74, 6) is 1.19. The second-order valence-corrected chi connectivity index (χ2v) is 5.28. The molecular weight excluding hydrogens is 302 g/mol. The smallest absolute Gasteiger partial charge is 0.229 e. The van der Waals surface area contributed by atoms with E-state index in [1.165, 1.54) is 0 Å². The standard InChI is InChI=1S/C17H15N7/c1-23-12-14(11-19-23)20-17-18-9-7-16(21-17)24-10-8-15(22-24)13-5-3-2-4-6-13/h2-12H,1H3,(H,18,20,21). The lowest BCUT2D eigenvalue weighted by atomic mass is 10.2. The SMILES string of the molecule is Cn1cc(Nc2nccc(-n3ccc(-c4ccccc4)n3)n2)cn1. The van der Waals surface area contributed by atoms with E-state index in [1.54, 1.807) is 21.8 Å². The molecule has 7 heteroatoms. The van der Waals surface area contributed by atoms with Crippen LogP contribution in [-0.4, -0.2) is 29.5 Å². The lowest BCUT2D eigenvalue weighted by Crippen LogP contribution is -2.03. The Kier molecular flexibility index (Phi) is 3.51. The molecule has 0 spiro atoms. The molecule has 3 aromatic heterocycles. The fraction of sp³-hybridized carbons (Fsp3) is 0.0588. The van der Waals surface area contributed by atoms with Crippen molar-refractivity contribution in [2.75, 3.05) is 5.32 Å². The molecule has 3 heterocycles. The summed E-state index contributed by atoms with van der Waals surface area (Å²) < 4.78 is 3.45. The third-order valence-corrected chi connectivity index (χ3v) is 3.50. The van der Waals surface area contributed by atoms with E-state index in [2.05, 4.69) is 25.5 Å². The maximum atomic E-state index is 4.59. The van der Waals surface area contributed by atoms with Crippen molar-refractivity contribution in [2.45, 2.75) is 0 Å². The summed E-state index contributed by atoms with van der Waals surface area (Å²) in [4.78, 5) is 8.73. The van der Waals surface area contributed by atoms with Gasteiger partial charge in [-0.3, -0.25) is 4.68 Å². The molecule has 24 heavy (non-hydrogen) atoms. The molecule has 4 rings (SSSR count). The number of anilines is 2. The van der Waals surface area contributed by atoms with Gasteiger partial charge in [0.05, 0.1) is 17.6 Å². The number of nitrogens with zero attached hydrogens (tertiary/aromatic N) is 6. The van der Waals surface area contributed by atoms with Crippen LogP contribution >= 0.6 is 0 Å². The van der Waals surface area contributed by atoms with Gasteiger partial charge in [0.1, 0.15) is 0 Å². The molecule has 4 aromatic rings. The quantitative estimate of drug-likeness (QED) is 0.626. The molecule has 1 N–H and O–H groups in total. The highest BCUT2D eigenvalue weighted by molar-refractivity contribution is 5.58. The lowest BCUT2D eigenvalue weighted by molar-refractivity contribution is 0.768. The first-order valence-corrected chi connectivity index (χ1v) is 7.48. The van der Waals surface area contributed by atoms with Crippen molar-refractivity contribution in [3.63, 3.8) is 0 Å². The molecule has 1 aromatic carbocycles. The zero-order valence-corrected chi connectivity index (χ0v) is 13.0. The molecule has 0 saturated carbocycles. The molecule has 0 amide bonds. The number of aromatic nitrogens is 6. The van der Waals surface area contributed by atoms with Crippen molar-refractivity contribution >= 4 is 11.6 Å². The first-order valence-electron chi connectivity index (χ1n) is 7.48. The fourth-order valence-corrected chi connectivity index (χ4v) is 2.37. The van der Waals surface area contributed by atoms with Gasteiger partial charge in [0.25, 0.3) is 0 Å². The van der Waals surface area contributed by atoms with Crippen LogP contribution in [0.3, 0.4) is 0 Å². The lowest BCUT2D eigenvalue weighted by Gasteiger charge is -2.04. The largest absolute Gasteiger partial charge is 0.321 e. The molecule has 0 saturated heterocycles. The van der Waals surface area contributed by atoms with Gasteiger partial charge in [-0.25, -0.2) is 9.67 Å². The summed E-state index contributed by atoms with van der Waals surface area (Å²) in [6.07, 6.45) is 7.17. The van der Waals surface area contributed by atoms with Gasteiger partial charge in [-0.05, 0) is 6.07 Å². The fourth-order valence-electron chi connectivity index (χ4n) is 2.37. The van der Waals surface area contributed by atoms with Crippen molar-refractivity contribution in [3.05, 3.63) is 67.3 Å². The van der Waals surface area contributed by atoms with Crippen molar-refractivity contribution < 1.29 is 0 Å². The Morgan fingerprint density at radius 2 is 1.92 bits per heavy atom. The van der Waals surface area contributed by atoms with E-state index < -0.39 is 0 Å². The number of hydrogen-bond acceptors (Lipinski definition) is 5. The molecule has 0 aliphatic heterocycles. The Balaban J connectivity index is 1.61. The highest BCUT2D eigenvalue weighted by atomic mass is 15.3. The number of nitrogens with one attached hydrogen (secondary N) is 1. The van der Waals surface area contributed by atoms with Gasteiger partial charge in [-0.1, -0.05) is 30.3 Å². The Bertz CT molecular complexity index is 956. The molecule has 0 radical (unpaired) electrons. The summed E-state index contributed by atoms with van der Waals surface area (Å²) in [6.45, 7) is 0. The van der Waals surface area contributed by atoms with Crippen LogP contribution in [0.4, 0.5) is 11.6 Å². The minimum absolute atomic E-state index is 0.497. The molecule has 118 valence electrons. The van der Waals surface area contributed by atoms with E-state index in [0.717, 1.165) is 16.9 Å². The third kappa shape index (κ3) is 2.87. The van der Waals surface area contributed by atoms with Crippen molar-refractivity contribution in [1.82, 2.24) is 29.5 Å². The number of hydrogen-bond donors (Lipinski definition) is 1. The van der Waals surface area contributed by atoms with Crippen LogP contribution in [0, 0.1) is 0 Å². The van der Waals surface area contributed by atoms with E-state index in [-0.39, 0.29) is 0 Å². The molecule has 0 aliphatic rings. The Morgan fingerprint density at radius 1 is 1.04 bits per heavy atom. The van der Waals surface area contributed by atoms with Crippen molar-refractivity contribution in [3.8, 4) is 17.1 Å². The molecule has 0 fully saturated rings. The Morgan fingerprint density at radius 3 is 2.71 bits per heavy atom. The van der Waals surface area contributed by atoms with Crippen LogP contribution in [-0.2, 0) is 7.05 Å². The van der Waals surface area contributed by atoms with Gasteiger partial charge in [0.15, 0.2) is 5.82 Å². The van der Waals surface area contributed by atoms with Crippen LogP contribution in [0.25, 0.3) is 17.1 Å².